The van der Waals surface area contributed by atoms with E-state index in [1.165, 1.54) is 0 Å². The van der Waals surface area contributed by atoms with Gasteiger partial charge in [-0.05, 0) is 55.5 Å². The summed E-state index contributed by atoms with van der Waals surface area (Å²) in [6.07, 6.45) is 2.31. The summed E-state index contributed by atoms with van der Waals surface area (Å²) in [6.45, 7) is 1.28. The van der Waals surface area contributed by atoms with Crippen LogP contribution in [0.15, 0.2) is 36.4 Å². The van der Waals surface area contributed by atoms with Gasteiger partial charge in [0.15, 0.2) is 0 Å². The molecule has 4 rings (SSSR count). The number of carboxylic acid groups (broad SMARTS) is 1. The molecule has 2 atom stereocenters. The molecule has 2 aromatic carbocycles. The molecule has 3 N–H and O–H groups in total. The molecule has 0 radical (unpaired) electrons. The van der Waals surface area contributed by atoms with Crippen molar-refractivity contribution in [3.63, 3.8) is 0 Å². The standard InChI is InChI=1S/C27H29N3O6/c1-35-12-10-29-25(33)19-7-8-20-23(14-19)36-11-9-27(20)15-21(27)26(34)30-22-13-17(16-28)5-6-18(22)3-2-4-24(31)32/h5-8,13-14,21H,2-4,9-12,15H2,1H3,(H,29,33)(H,30,34)(H,31,32)/t21-,27-/m0/s1. The van der Waals surface area contributed by atoms with Gasteiger partial charge in [-0.15, -0.1) is 0 Å². The molecule has 9 nitrogen and oxygen atoms in total. The fourth-order valence-corrected chi connectivity index (χ4v) is 4.89. The number of rotatable bonds is 10. The Kier molecular flexibility index (Phi) is 7.55. The lowest BCUT2D eigenvalue weighted by Gasteiger charge is -2.27. The lowest BCUT2D eigenvalue weighted by molar-refractivity contribution is -0.137. The molecule has 0 aromatic heterocycles. The number of methoxy groups -OCH3 is 1. The van der Waals surface area contributed by atoms with Gasteiger partial charge in [-0.3, -0.25) is 14.4 Å². The monoisotopic (exact) mass is 491 g/mol. The van der Waals surface area contributed by atoms with Gasteiger partial charge in [0.05, 0.1) is 24.8 Å². The number of amides is 2. The minimum absolute atomic E-state index is 0.0301. The highest BCUT2D eigenvalue weighted by molar-refractivity contribution is 5.98. The first-order valence-corrected chi connectivity index (χ1v) is 12.0. The van der Waals surface area contributed by atoms with E-state index < -0.39 is 5.97 Å². The van der Waals surface area contributed by atoms with Gasteiger partial charge in [-0.25, -0.2) is 0 Å². The van der Waals surface area contributed by atoms with E-state index in [0.717, 1.165) is 11.1 Å². The minimum Gasteiger partial charge on any atom is -0.493 e. The maximum Gasteiger partial charge on any atom is 0.303 e. The van der Waals surface area contributed by atoms with Crippen molar-refractivity contribution < 1.29 is 29.0 Å². The number of hydrogen-bond acceptors (Lipinski definition) is 6. The summed E-state index contributed by atoms with van der Waals surface area (Å²) in [6, 6.07) is 12.5. The van der Waals surface area contributed by atoms with Crippen LogP contribution in [0.4, 0.5) is 5.69 Å². The van der Waals surface area contributed by atoms with Crippen molar-refractivity contribution >= 4 is 23.5 Å². The first kappa shape index (κ1) is 25.2. The van der Waals surface area contributed by atoms with Gasteiger partial charge >= 0.3 is 5.97 Å². The van der Waals surface area contributed by atoms with Crippen molar-refractivity contribution in [2.75, 3.05) is 32.2 Å². The maximum absolute atomic E-state index is 13.3. The predicted molar refractivity (Wildman–Crippen MR) is 131 cm³/mol. The second-order valence-electron chi connectivity index (χ2n) is 9.19. The predicted octanol–water partition coefficient (Wildman–Crippen LogP) is 3.02. The first-order chi connectivity index (χ1) is 17.4. The van der Waals surface area contributed by atoms with Gasteiger partial charge in [0.1, 0.15) is 5.75 Å². The number of aryl methyl sites for hydroxylation is 1. The number of carbonyl (C=O) groups is 3. The number of carboxylic acids is 1. The van der Waals surface area contributed by atoms with E-state index in [1.807, 2.05) is 6.07 Å². The Morgan fingerprint density at radius 2 is 2.08 bits per heavy atom. The Morgan fingerprint density at radius 1 is 1.25 bits per heavy atom. The average Bonchev–Trinajstić information content (AvgIpc) is 3.59. The largest absolute Gasteiger partial charge is 0.493 e. The van der Waals surface area contributed by atoms with E-state index in [1.54, 1.807) is 37.4 Å². The summed E-state index contributed by atoms with van der Waals surface area (Å²) >= 11 is 0. The van der Waals surface area contributed by atoms with Crippen molar-refractivity contribution in [1.82, 2.24) is 5.32 Å². The van der Waals surface area contributed by atoms with Crippen molar-refractivity contribution in [2.24, 2.45) is 5.92 Å². The summed E-state index contributed by atoms with van der Waals surface area (Å²) in [5.74, 6) is -0.867. The number of ether oxygens (including phenoxy) is 2. The zero-order valence-electron chi connectivity index (χ0n) is 20.1. The van der Waals surface area contributed by atoms with Crippen LogP contribution in [0.25, 0.3) is 0 Å². The van der Waals surface area contributed by atoms with Gasteiger partial charge in [0, 0.05) is 48.2 Å². The summed E-state index contributed by atoms with van der Waals surface area (Å²) in [5.41, 5.74) is 2.83. The second kappa shape index (κ2) is 10.8. The zero-order chi connectivity index (χ0) is 25.7. The van der Waals surface area contributed by atoms with Crippen LogP contribution in [0.5, 0.6) is 5.75 Å². The van der Waals surface area contributed by atoms with Crippen LogP contribution in [0, 0.1) is 17.2 Å². The number of aliphatic carboxylic acids is 1. The molecule has 1 heterocycles. The lowest BCUT2D eigenvalue weighted by atomic mass is 9.86. The number of carbonyl (C=O) groups excluding carboxylic acids is 2. The van der Waals surface area contributed by atoms with Crippen molar-refractivity contribution in [2.45, 2.75) is 37.5 Å². The lowest BCUT2D eigenvalue weighted by Crippen LogP contribution is -2.29. The Hall–Kier alpha value is -3.90. The summed E-state index contributed by atoms with van der Waals surface area (Å²) in [7, 11) is 1.57. The molecule has 0 saturated heterocycles. The maximum atomic E-state index is 13.3. The van der Waals surface area contributed by atoms with Crippen molar-refractivity contribution in [1.29, 1.82) is 5.26 Å². The van der Waals surface area contributed by atoms with Crippen LogP contribution < -0.4 is 15.4 Å². The van der Waals surface area contributed by atoms with Crippen LogP contribution in [0.3, 0.4) is 0 Å². The SMILES string of the molecule is COCCNC(=O)c1ccc2c(c1)OCC[C@]21C[C@H]1C(=O)Nc1cc(C#N)ccc1CCCC(=O)O. The molecule has 1 fully saturated rings. The smallest absolute Gasteiger partial charge is 0.303 e. The van der Waals surface area contributed by atoms with Gasteiger partial charge in [0.25, 0.3) is 5.91 Å². The fourth-order valence-electron chi connectivity index (χ4n) is 4.89. The second-order valence-corrected chi connectivity index (χ2v) is 9.19. The molecule has 1 aliphatic heterocycles. The number of benzene rings is 2. The van der Waals surface area contributed by atoms with Gasteiger partial charge in [-0.1, -0.05) is 12.1 Å². The number of nitriles is 1. The Balaban J connectivity index is 1.49. The Morgan fingerprint density at radius 3 is 2.83 bits per heavy atom. The van der Waals surface area contributed by atoms with Gasteiger partial charge in [0.2, 0.25) is 5.91 Å². The van der Waals surface area contributed by atoms with E-state index in [9.17, 15) is 19.6 Å². The molecule has 2 aromatic rings. The van der Waals surface area contributed by atoms with Crippen molar-refractivity contribution in [3.8, 4) is 11.8 Å². The Labute approximate surface area is 209 Å². The molecule has 2 amide bonds. The van der Waals surface area contributed by atoms with E-state index in [2.05, 4.69) is 16.7 Å². The molecule has 1 aliphatic carbocycles. The third-order valence-corrected chi connectivity index (χ3v) is 6.90. The molecule has 0 bridgehead atoms. The molecule has 188 valence electrons. The van der Waals surface area contributed by atoms with Crippen LogP contribution in [0.2, 0.25) is 0 Å². The normalized spacial score (nSPS) is 19.5. The van der Waals surface area contributed by atoms with E-state index in [4.69, 9.17) is 14.6 Å². The molecule has 9 heteroatoms. The highest BCUT2D eigenvalue weighted by Gasteiger charge is 2.61. The molecular weight excluding hydrogens is 462 g/mol. The van der Waals surface area contributed by atoms with Gasteiger partial charge < -0.3 is 25.2 Å². The number of anilines is 1. The van der Waals surface area contributed by atoms with E-state index >= 15 is 0 Å². The zero-order valence-corrected chi connectivity index (χ0v) is 20.1. The van der Waals surface area contributed by atoms with E-state index in [-0.39, 0.29) is 29.6 Å². The highest BCUT2D eigenvalue weighted by atomic mass is 16.5. The van der Waals surface area contributed by atoms with Crippen LogP contribution in [-0.2, 0) is 26.2 Å². The molecule has 36 heavy (non-hydrogen) atoms. The van der Waals surface area contributed by atoms with Crippen LogP contribution in [0.1, 0.15) is 52.7 Å². The molecular formula is C27H29N3O6. The number of nitrogens with one attached hydrogen (secondary N) is 2. The summed E-state index contributed by atoms with van der Waals surface area (Å²) in [5, 5.41) is 24.0. The number of nitrogens with zero attached hydrogens (tertiary/aromatic N) is 1. The molecule has 0 unspecified atom stereocenters. The Bertz CT molecular complexity index is 1220. The van der Waals surface area contributed by atoms with E-state index in [0.29, 0.717) is 68.0 Å². The van der Waals surface area contributed by atoms with Gasteiger partial charge in [-0.2, -0.15) is 5.26 Å². The third kappa shape index (κ3) is 5.34. The number of fused-ring (bicyclic) bond motifs is 2. The molecule has 1 saturated carbocycles. The third-order valence-electron chi connectivity index (χ3n) is 6.90. The average molecular weight is 492 g/mol. The topological polar surface area (TPSA) is 138 Å². The summed E-state index contributed by atoms with van der Waals surface area (Å²) < 4.78 is 10.8. The molecule has 2 aliphatic rings. The quantitative estimate of drug-likeness (QED) is 0.434. The highest BCUT2D eigenvalue weighted by Crippen LogP contribution is 2.61. The minimum atomic E-state index is -0.872. The van der Waals surface area contributed by atoms with Crippen molar-refractivity contribution in [3.05, 3.63) is 58.7 Å². The van der Waals surface area contributed by atoms with Crippen LogP contribution in [-0.4, -0.2) is 49.8 Å². The first-order valence-electron chi connectivity index (χ1n) is 12.0. The molecule has 1 spiro atoms. The number of hydrogen-bond donors (Lipinski definition) is 3. The van der Waals surface area contributed by atoms with Crippen LogP contribution >= 0.6 is 0 Å². The summed E-state index contributed by atoms with van der Waals surface area (Å²) in [4.78, 5) is 36.6. The fraction of sp³-hybridized carbons (Fsp3) is 0.407.